The first-order valence-corrected chi connectivity index (χ1v) is 9.24. The van der Waals surface area contributed by atoms with Gasteiger partial charge in [0.2, 0.25) is 5.91 Å². The maximum Gasteiger partial charge on any atom is 0.277 e. The molecule has 0 aliphatic heterocycles. The van der Waals surface area contributed by atoms with Gasteiger partial charge in [0.1, 0.15) is 17.2 Å². The molecule has 28 heavy (non-hydrogen) atoms. The van der Waals surface area contributed by atoms with Gasteiger partial charge in [0.15, 0.2) is 0 Å². The second-order valence-corrected chi connectivity index (χ2v) is 6.44. The van der Waals surface area contributed by atoms with Gasteiger partial charge in [0, 0.05) is 23.9 Å². The minimum atomic E-state index is -0.225. The molecule has 1 N–H and O–H groups in total. The molecule has 1 heterocycles. The molecular formula is C19H19N3O5S. The SMILES string of the molecule is COc1cc(NC(=O)CSc2nnc(-c3ccccc3OC)o2)cc(OC)c1. The van der Waals surface area contributed by atoms with E-state index in [4.69, 9.17) is 18.6 Å². The maximum atomic E-state index is 12.2. The average molecular weight is 401 g/mol. The summed E-state index contributed by atoms with van der Waals surface area (Å²) in [5.41, 5.74) is 1.26. The van der Waals surface area contributed by atoms with Crippen LogP contribution >= 0.6 is 11.8 Å². The molecule has 146 valence electrons. The molecule has 0 saturated carbocycles. The van der Waals surface area contributed by atoms with Crippen molar-refractivity contribution in [2.75, 3.05) is 32.4 Å². The highest BCUT2D eigenvalue weighted by Crippen LogP contribution is 2.30. The number of nitrogens with one attached hydrogen (secondary N) is 1. The lowest BCUT2D eigenvalue weighted by atomic mass is 10.2. The van der Waals surface area contributed by atoms with Gasteiger partial charge in [-0.05, 0) is 12.1 Å². The number of hydrogen-bond acceptors (Lipinski definition) is 8. The van der Waals surface area contributed by atoms with Crippen molar-refractivity contribution in [2.45, 2.75) is 5.22 Å². The Hall–Kier alpha value is -3.20. The first kappa shape index (κ1) is 19.6. The van der Waals surface area contributed by atoms with Gasteiger partial charge in [-0.25, -0.2) is 0 Å². The predicted molar refractivity (Wildman–Crippen MR) is 105 cm³/mol. The first-order chi connectivity index (χ1) is 13.6. The van der Waals surface area contributed by atoms with Gasteiger partial charge in [0.05, 0.1) is 32.6 Å². The van der Waals surface area contributed by atoms with E-state index in [1.165, 1.54) is 0 Å². The van der Waals surface area contributed by atoms with Crippen LogP contribution in [0, 0.1) is 0 Å². The van der Waals surface area contributed by atoms with Crippen LogP contribution in [-0.4, -0.2) is 43.2 Å². The lowest BCUT2D eigenvalue weighted by Gasteiger charge is -2.09. The number of anilines is 1. The number of thioether (sulfide) groups is 1. The number of hydrogen-bond donors (Lipinski definition) is 1. The molecular weight excluding hydrogens is 382 g/mol. The van der Waals surface area contributed by atoms with E-state index < -0.39 is 0 Å². The summed E-state index contributed by atoms with van der Waals surface area (Å²) in [5.74, 6) is 2.01. The summed E-state index contributed by atoms with van der Waals surface area (Å²) in [5, 5.41) is 11.1. The summed E-state index contributed by atoms with van der Waals surface area (Å²) in [7, 11) is 4.67. The van der Waals surface area contributed by atoms with E-state index in [1.807, 2.05) is 24.3 Å². The van der Waals surface area contributed by atoms with Gasteiger partial charge >= 0.3 is 0 Å². The largest absolute Gasteiger partial charge is 0.497 e. The smallest absolute Gasteiger partial charge is 0.277 e. The fraction of sp³-hybridized carbons (Fsp3) is 0.211. The molecule has 8 nitrogen and oxygen atoms in total. The summed E-state index contributed by atoms with van der Waals surface area (Å²) in [6, 6.07) is 12.5. The van der Waals surface area contributed by atoms with E-state index in [9.17, 15) is 4.79 Å². The third-order valence-electron chi connectivity index (χ3n) is 3.71. The number of methoxy groups -OCH3 is 3. The van der Waals surface area contributed by atoms with Gasteiger partial charge in [-0.3, -0.25) is 4.79 Å². The normalized spacial score (nSPS) is 10.4. The van der Waals surface area contributed by atoms with Crippen LogP contribution in [0.1, 0.15) is 0 Å². The highest BCUT2D eigenvalue weighted by atomic mass is 32.2. The number of aromatic nitrogens is 2. The van der Waals surface area contributed by atoms with Crippen LogP contribution in [0.5, 0.6) is 17.2 Å². The minimum Gasteiger partial charge on any atom is -0.497 e. The van der Waals surface area contributed by atoms with Crippen molar-refractivity contribution in [2.24, 2.45) is 0 Å². The van der Waals surface area contributed by atoms with Crippen molar-refractivity contribution < 1.29 is 23.4 Å². The maximum absolute atomic E-state index is 12.2. The first-order valence-electron chi connectivity index (χ1n) is 8.25. The van der Waals surface area contributed by atoms with Gasteiger partial charge in [-0.2, -0.15) is 0 Å². The number of nitrogens with zero attached hydrogens (tertiary/aromatic N) is 2. The molecule has 2 aromatic carbocycles. The zero-order valence-corrected chi connectivity index (χ0v) is 16.4. The Balaban J connectivity index is 1.62. The Morgan fingerprint density at radius 1 is 1.04 bits per heavy atom. The summed E-state index contributed by atoms with van der Waals surface area (Å²) >= 11 is 1.14. The summed E-state index contributed by atoms with van der Waals surface area (Å²) < 4.78 is 21.3. The fourth-order valence-corrected chi connectivity index (χ4v) is 2.97. The molecule has 0 spiro atoms. The van der Waals surface area contributed by atoms with Crippen molar-refractivity contribution in [3.05, 3.63) is 42.5 Å². The molecule has 0 saturated heterocycles. The predicted octanol–water partition coefficient (Wildman–Crippen LogP) is 3.49. The molecule has 1 amide bonds. The highest BCUT2D eigenvalue weighted by Gasteiger charge is 2.15. The van der Waals surface area contributed by atoms with Crippen LogP contribution in [0.3, 0.4) is 0 Å². The lowest BCUT2D eigenvalue weighted by Crippen LogP contribution is -2.14. The molecule has 0 bridgehead atoms. The van der Waals surface area contributed by atoms with Crippen LogP contribution in [0.25, 0.3) is 11.5 Å². The number of carbonyl (C=O) groups excluding carboxylic acids is 1. The molecule has 0 radical (unpaired) electrons. The molecule has 9 heteroatoms. The second kappa shape index (κ2) is 9.14. The second-order valence-electron chi connectivity index (χ2n) is 5.51. The highest BCUT2D eigenvalue weighted by molar-refractivity contribution is 7.99. The Kier molecular flexibility index (Phi) is 6.38. The van der Waals surface area contributed by atoms with E-state index in [2.05, 4.69) is 15.5 Å². The number of para-hydroxylation sites is 1. The van der Waals surface area contributed by atoms with Gasteiger partial charge in [0.25, 0.3) is 11.1 Å². The molecule has 1 aromatic heterocycles. The van der Waals surface area contributed by atoms with Crippen molar-refractivity contribution in [3.8, 4) is 28.7 Å². The van der Waals surface area contributed by atoms with Crippen molar-refractivity contribution in [1.29, 1.82) is 0 Å². The van der Waals surface area contributed by atoms with Crippen LogP contribution in [0.2, 0.25) is 0 Å². The molecule has 0 fully saturated rings. The Morgan fingerprint density at radius 2 is 1.75 bits per heavy atom. The minimum absolute atomic E-state index is 0.104. The standard InChI is InChI=1S/C19H19N3O5S/c1-24-13-8-12(9-14(10-13)25-2)20-17(23)11-28-19-22-21-18(27-19)15-6-4-5-7-16(15)26-3/h4-10H,11H2,1-3H3,(H,20,23). The molecule has 3 rings (SSSR count). The summed E-state index contributed by atoms with van der Waals surface area (Å²) in [6.45, 7) is 0. The van der Waals surface area contributed by atoms with E-state index in [-0.39, 0.29) is 11.7 Å². The third-order valence-corrected chi connectivity index (χ3v) is 4.52. The molecule has 3 aromatic rings. The zero-order chi connectivity index (χ0) is 19.9. The summed E-state index contributed by atoms with van der Waals surface area (Å²) in [4.78, 5) is 12.2. The lowest BCUT2D eigenvalue weighted by molar-refractivity contribution is -0.113. The Morgan fingerprint density at radius 3 is 2.43 bits per heavy atom. The monoisotopic (exact) mass is 401 g/mol. The van der Waals surface area contributed by atoms with Crippen molar-refractivity contribution >= 4 is 23.4 Å². The zero-order valence-electron chi connectivity index (χ0n) is 15.6. The van der Waals surface area contributed by atoms with Gasteiger partial charge in [-0.1, -0.05) is 23.9 Å². The molecule has 0 aliphatic carbocycles. The van der Waals surface area contributed by atoms with E-state index in [0.717, 1.165) is 11.8 Å². The molecule has 0 atom stereocenters. The van der Waals surface area contributed by atoms with Crippen LogP contribution in [-0.2, 0) is 4.79 Å². The number of amides is 1. The van der Waals surface area contributed by atoms with Crippen molar-refractivity contribution in [1.82, 2.24) is 10.2 Å². The van der Waals surface area contributed by atoms with Crippen LogP contribution < -0.4 is 19.5 Å². The Labute approximate surface area is 166 Å². The van der Waals surface area contributed by atoms with Gasteiger partial charge < -0.3 is 23.9 Å². The fourth-order valence-electron chi connectivity index (χ4n) is 2.40. The van der Waals surface area contributed by atoms with Gasteiger partial charge in [-0.15, -0.1) is 10.2 Å². The van der Waals surface area contributed by atoms with Crippen LogP contribution in [0.4, 0.5) is 5.69 Å². The Bertz CT molecular complexity index is 938. The average Bonchev–Trinajstić information content (AvgIpc) is 3.20. The molecule has 0 aliphatic rings. The van der Waals surface area contributed by atoms with Crippen LogP contribution in [0.15, 0.2) is 52.1 Å². The third kappa shape index (κ3) is 4.74. The van der Waals surface area contributed by atoms with Crippen molar-refractivity contribution in [3.63, 3.8) is 0 Å². The van der Waals surface area contributed by atoms with E-state index in [1.54, 1.807) is 39.5 Å². The number of carbonyl (C=O) groups is 1. The number of benzene rings is 2. The molecule has 0 unspecified atom stereocenters. The quantitative estimate of drug-likeness (QED) is 0.573. The number of ether oxygens (including phenoxy) is 3. The number of rotatable bonds is 8. The topological polar surface area (TPSA) is 95.7 Å². The van der Waals surface area contributed by atoms with E-state index in [0.29, 0.717) is 39.6 Å². The summed E-state index contributed by atoms with van der Waals surface area (Å²) in [6.07, 6.45) is 0. The van der Waals surface area contributed by atoms with E-state index >= 15 is 0 Å².